The number of amides is 3. The zero-order valence-corrected chi connectivity index (χ0v) is 18.9. The molecule has 32 heavy (non-hydrogen) atoms. The molecular formula is C24H31N5O3. The third kappa shape index (κ3) is 4.36. The molecule has 3 N–H and O–H groups in total. The Kier molecular flexibility index (Phi) is 5.97. The average molecular weight is 438 g/mol. The lowest BCUT2D eigenvalue weighted by Crippen LogP contribution is -2.69. The highest BCUT2D eigenvalue weighted by Gasteiger charge is 2.55. The van der Waals surface area contributed by atoms with Gasteiger partial charge in [-0.25, -0.2) is 10.6 Å². The summed E-state index contributed by atoms with van der Waals surface area (Å²) >= 11 is 0. The summed E-state index contributed by atoms with van der Waals surface area (Å²) in [5.74, 6) is 6.92. The normalized spacial score (nSPS) is 16.7. The van der Waals surface area contributed by atoms with Crippen molar-refractivity contribution < 1.29 is 14.3 Å². The first-order valence-electron chi connectivity index (χ1n) is 10.8. The van der Waals surface area contributed by atoms with Crippen LogP contribution in [0.4, 0.5) is 10.5 Å². The number of carbonyl (C=O) groups is 2. The van der Waals surface area contributed by atoms with Gasteiger partial charge in [-0.2, -0.15) is 0 Å². The first-order chi connectivity index (χ1) is 15.3. The van der Waals surface area contributed by atoms with Gasteiger partial charge < -0.3 is 19.9 Å². The summed E-state index contributed by atoms with van der Waals surface area (Å²) in [5.41, 5.74) is 2.78. The third-order valence-electron chi connectivity index (χ3n) is 6.52. The van der Waals surface area contributed by atoms with Gasteiger partial charge in [-0.15, -0.1) is 0 Å². The Morgan fingerprint density at radius 2 is 1.84 bits per heavy atom. The minimum atomic E-state index is -0.284. The number of nitrogens with zero attached hydrogens (tertiary/aromatic N) is 3. The number of nitrogens with one attached hydrogen (secondary N) is 1. The van der Waals surface area contributed by atoms with E-state index in [2.05, 4.69) is 5.32 Å². The molecule has 0 aromatic heterocycles. The molecule has 2 aromatic rings. The molecule has 2 fully saturated rings. The van der Waals surface area contributed by atoms with Crippen molar-refractivity contribution in [2.24, 2.45) is 11.3 Å². The second-order valence-corrected chi connectivity index (χ2v) is 9.08. The molecule has 8 heteroatoms. The summed E-state index contributed by atoms with van der Waals surface area (Å²) in [4.78, 5) is 29.1. The molecule has 2 aliphatic rings. The predicted molar refractivity (Wildman–Crippen MR) is 123 cm³/mol. The Bertz CT molecular complexity index is 977. The van der Waals surface area contributed by atoms with E-state index < -0.39 is 0 Å². The lowest BCUT2D eigenvalue weighted by molar-refractivity contribution is -0.0838. The third-order valence-corrected chi connectivity index (χ3v) is 6.52. The van der Waals surface area contributed by atoms with E-state index in [1.807, 2.05) is 72.4 Å². The van der Waals surface area contributed by atoms with Gasteiger partial charge in [-0.05, 0) is 48.7 Å². The fourth-order valence-corrected chi connectivity index (χ4v) is 4.58. The van der Waals surface area contributed by atoms with Crippen LogP contribution in [0.15, 0.2) is 48.5 Å². The molecule has 0 atom stereocenters. The van der Waals surface area contributed by atoms with Crippen LogP contribution in [-0.4, -0.2) is 62.2 Å². The van der Waals surface area contributed by atoms with Crippen LogP contribution in [0.5, 0.6) is 5.75 Å². The number of ether oxygens (including phenoxy) is 1. The number of carbonyl (C=O) groups excluding carboxylic acids is 2. The SMILES string of the molecule is COc1ccc(CNC(=O)N(N)C2CC3(C2)CN(C(=O)c2cccc(N(C)C)c2)C3)cc1. The standard InChI is InChI=1S/C24H31N5O3/c1-27(2)19-6-4-5-18(11-19)22(30)28-15-24(16-28)12-20(13-24)29(25)23(31)26-14-17-7-9-21(32-3)10-8-17/h4-11,20H,12-16,25H2,1-3H3,(H,26,31). The number of hydrogen-bond donors (Lipinski definition) is 2. The largest absolute Gasteiger partial charge is 0.497 e. The summed E-state index contributed by atoms with van der Waals surface area (Å²) in [6.07, 6.45) is 1.64. The number of methoxy groups -OCH3 is 1. The van der Waals surface area contributed by atoms with Gasteiger partial charge in [0.15, 0.2) is 0 Å². The number of urea groups is 1. The molecule has 8 nitrogen and oxygen atoms in total. The molecule has 4 rings (SSSR count). The van der Waals surface area contributed by atoms with Gasteiger partial charge >= 0.3 is 6.03 Å². The number of rotatable bonds is 6. The van der Waals surface area contributed by atoms with Gasteiger partial charge in [0.2, 0.25) is 0 Å². The van der Waals surface area contributed by atoms with Crippen molar-refractivity contribution in [3.63, 3.8) is 0 Å². The predicted octanol–water partition coefficient (Wildman–Crippen LogP) is 2.45. The van der Waals surface area contributed by atoms with E-state index in [1.54, 1.807) is 7.11 Å². The maximum Gasteiger partial charge on any atom is 0.332 e. The lowest BCUT2D eigenvalue weighted by atomic mass is 9.60. The average Bonchev–Trinajstić information content (AvgIpc) is 2.75. The van der Waals surface area contributed by atoms with Crippen molar-refractivity contribution in [2.45, 2.75) is 25.4 Å². The molecule has 1 aliphatic carbocycles. The van der Waals surface area contributed by atoms with Crippen LogP contribution in [0.25, 0.3) is 0 Å². The molecule has 1 aliphatic heterocycles. The molecule has 1 spiro atoms. The molecule has 0 radical (unpaired) electrons. The first-order valence-corrected chi connectivity index (χ1v) is 10.8. The van der Waals surface area contributed by atoms with Crippen molar-refractivity contribution in [3.05, 3.63) is 59.7 Å². The molecule has 3 amide bonds. The molecule has 0 bridgehead atoms. The van der Waals surface area contributed by atoms with Crippen LogP contribution in [0.3, 0.4) is 0 Å². The Balaban J connectivity index is 1.23. The van der Waals surface area contributed by atoms with E-state index in [0.29, 0.717) is 12.1 Å². The van der Waals surface area contributed by atoms with E-state index in [9.17, 15) is 9.59 Å². The molecule has 1 saturated carbocycles. The number of hydrazine groups is 1. The topological polar surface area (TPSA) is 91.1 Å². The van der Waals surface area contributed by atoms with Crippen LogP contribution in [0, 0.1) is 5.41 Å². The summed E-state index contributed by atoms with van der Waals surface area (Å²) < 4.78 is 5.14. The van der Waals surface area contributed by atoms with Crippen molar-refractivity contribution in [3.8, 4) is 5.75 Å². The van der Waals surface area contributed by atoms with Crippen LogP contribution < -0.4 is 20.8 Å². The minimum absolute atomic E-state index is 0.000174. The van der Waals surface area contributed by atoms with Crippen LogP contribution >= 0.6 is 0 Å². The van der Waals surface area contributed by atoms with Gasteiger partial charge in [0.05, 0.1) is 13.2 Å². The van der Waals surface area contributed by atoms with Gasteiger partial charge in [0.1, 0.15) is 5.75 Å². The Morgan fingerprint density at radius 3 is 2.47 bits per heavy atom. The molecule has 170 valence electrons. The number of nitrogens with two attached hydrogens (primary N) is 1. The maximum absolute atomic E-state index is 12.8. The smallest absolute Gasteiger partial charge is 0.332 e. The number of hydrogen-bond acceptors (Lipinski definition) is 5. The second-order valence-electron chi connectivity index (χ2n) is 9.08. The van der Waals surface area contributed by atoms with E-state index >= 15 is 0 Å². The minimum Gasteiger partial charge on any atom is -0.497 e. The number of benzene rings is 2. The molecular weight excluding hydrogens is 406 g/mol. The molecule has 0 unspecified atom stereocenters. The zero-order chi connectivity index (χ0) is 22.9. The van der Waals surface area contributed by atoms with Crippen molar-refractivity contribution in [2.75, 3.05) is 39.2 Å². The molecule has 1 saturated heterocycles. The van der Waals surface area contributed by atoms with Gasteiger partial charge in [-0.1, -0.05) is 18.2 Å². The monoisotopic (exact) mass is 437 g/mol. The highest BCUT2D eigenvalue weighted by molar-refractivity contribution is 5.95. The van der Waals surface area contributed by atoms with Crippen LogP contribution in [0.2, 0.25) is 0 Å². The highest BCUT2D eigenvalue weighted by atomic mass is 16.5. The van der Waals surface area contributed by atoms with Crippen molar-refractivity contribution in [1.82, 2.24) is 15.2 Å². The number of likely N-dealkylation sites (tertiary alicyclic amines) is 1. The van der Waals surface area contributed by atoms with Gasteiger partial charge in [0, 0.05) is 50.4 Å². The molecule has 1 heterocycles. The van der Waals surface area contributed by atoms with Crippen LogP contribution in [0.1, 0.15) is 28.8 Å². The van der Waals surface area contributed by atoms with E-state index in [4.69, 9.17) is 10.6 Å². The lowest BCUT2D eigenvalue weighted by Gasteiger charge is -2.60. The summed E-state index contributed by atoms with van der Waals surface area (Å²) in [6, 6.07) is 14.9. The van der Waals surface area contributed by atoms with Gasteiger partial charge in [-0.3, -0.25) is 9.80 Å². The first kappa shape index (κ1) is 22.0. The van der Waals surface area contributed by atoms with E-state index in [1.165, 1.54) is 5.01 Å². The second kappa shape index (κ2) is 8.70. The maximum atomic E-state index is 12.8. The molecule has 2 aromatic carbocycles. The summed E-state index contributed by atoms with van der Waals surface area (Å²) in [5, 5.41) is 4.17. The fourth-order valence-electron chi connectivity index (χ4n) is 4.58. The Hall–Kier alpha value is -3.26. The van der Waals surface area contributed by atoms with Crippen LogP contribution in [-0.2, 0) is 6.54 Å². The van der Waals surface area contributed by atoms with Crippen molar-refractivity contribution in [1.29, 1.82) is 0 Å². The zero-order valence-electron chi connectivity index (χ0n) is 18.9. The Labute approximate surface area is 188 Å². The summed E-state index contributed by atoms with van der Waals surface area (Å²) in [7, 11) is 5.54. The number of anilines is 1. The van der Waals surface area contributed by atoms with Gasteiger partial charge in [0.25, 0.3) is 5.91 Å². The quantitative estimate of drug-likeness (QED) is 0.412. The summed E-state index contributed by atoms with van der Waals surface area (Å²) in [6.45, 7) is 1.84. The highest BCUT2D eigenvalue weighted by Crippen LogP contribution is 2.50. The Morgan fingerprint density at radius 1 is 1.16 bits per heavy atom. The fraction of sp³-hybridized carbons (Fsp3) is 0.417. The van der Waals surface area contributed by atoms with E-state index in [-0.39, 0.29) is 23.4 Å². The van der Waals surface area contributed by atoms with E-state index in [0.717, 1.165) is 42.9 Å². The van der Waals surface area contributed by atoms with Crippen molar-refractivity contribution >= 4 is 17.6 Å².